The van der Waals surface area contributed by atoms with Crippen molar-refractivity contribution in [2.45, 2.75) is 46.6 Å². The minimum absolute atomic E-state index is 0.0481. The molecule has 0 aliphatic carbocycles. The summed E-state index contributed by atoms with van der Waals surface area (Å²) in [6.07, 6.45) is -2.15. The van der Waals surface area contributed by atoms with E-state index < -0.39 is 59.0 Å². The number of anilines is 1. The number of ether oxygens (including phenoxy) is 3. The molecule has 1 saturated heterocycles. The molecule has 454 valence electrons. The van der Waals surface area contributed by atoms with Crippen molar-refractivity contribution in [2.75, 3.05) is 30.5 Å². The van der Waals surface area contributed by atoms with E-state index in [1.165, 1.54) is 39.8 Å². The number of oxime groups is 1. The van der Waals surface area contributed by atoms with E-state index in [-0.39, 0.29) is 36.7 Å². The number of aliphatic carboxylic acids is 1. The molecule has 89 heavy (non-hydrogen) atoms. The number of hydrogen-bond acceptors (Lipinski definition) is 18. The number of carboxylic acids is 1. The summed E-state index contributed by atoms with van der Waals surface area (Å²) < 4.78 is 52.6. The molecule has 0 bridgehead atoms. The number of aryl methyl sites for hydroxylation is 1. The van der Waals surface area contributed by atoms with Crippen molar-refractivity contribution in [1.82, 2.24) is 20.2 Å². The Balaban J connectivity index is 0.00000118. The van der Waals surface area contributed by atoms with Gasteiger partial charge in [-0.25, -0.2) is 19.3 Å². The number of nitrogens with one attached hydrogen (secondary N) is 2. The van der Waals surface area contributed by atoms with Crippen LogP contribution in [0.3, 0.4) is 0 Å². The van der Waals surface area contributed by atoms with Crippen LogP contribution in [0.4, 0.5) is 18.3 Å². The summed E-state index contributed by atoms with van der Waals surface area (Å²) in [5.74, 6) is -4.11. The van der Waals surface area contributed by atoms with Crippen LogP contribution in [0.2, 0.25) is 0 Å². The van der Waals surface area contributed by atoms with Gasteiger partial charge in [-0.05, 0) is 51.1 Å². The maximum Gasteiger partial charge on any atom is 0.430 e. The molecule has 2 aliphatic heterocycles. The molecule has 17 nitrogen and oxygen atoms in total. The molecule has 11 rings (SSSR count). The first kappa shape index (κ1) is 62.7. The minimum Gasteiger partial charge on any atom is -0.542 e. The summed E-state index contributed by atoms with van der Waals surface area (Å²) >= 11 is 5.72. The van der Waals surface area contributed by atoms with Gasteiger partial charge in [-0.15, -0.1) is 34.4 Å². The number of hydrogen-bond donors (Lipinski definition) is 2. The molecule has 0 radical (unpaired) electrons. The van der Waals surface area contributed by atoms with E-state index in [1.54, 1.807) is 48.1 Å². The molecule has 1 fully saturated rings. The molecule has 6 aromatic carbocycles. The van der Waals surface area contributed by atoms with Gasteiger partial charge in [0.1, 0.15) is 65.8 Å². The molecule has 9 aromatic rings. The fraction of sp³-hybridized carbons (Fsp3) is 0.185. The van der Waals surface area contributed by atoms with Gasteiger partial charge >= 0.3 is 18.1 Å². The average molecular weight is 1280 g/mol. The quantitative estimate of drug-likeness (QED) is 0.00944. The predicted molar refractivity (Wildman–Crippen MR) is 330 cm³/mol. The first-order valence-corrected chi connectivity index (χ1v) is 31.2. The Morgan fingerprint density at radius 3 is 1.94 bits per heavy atom. The first-order chi connectivity index (χ1) is 43.1. The number of halogens is 3. The Hall–Kier alpha value is -9.36. The van der Waals surface area contributed by atoms with Crippen LogP contribution in [-0.2, 0) is 57.5 Å². The van der Waals surface area contributed by atoms with Gasteiger partial charge < -0.3 is 39.6 Å². The fourth-order valence-electron chi connectivity index (χ4n) is 9.70. The monoisotopic (exact) mass is 1280 g/mol. The van der Waals surface area contributed by atoms with Crippen LogP contribution >= 0.6 is 46.2 Å². The maximum absolute atomic E-state index is 14.9. The third-order valence-electron chi connectivity index (χ3n) is 14.0. The summed E-state index contributed by atoms with van der Waals surface area (Å²) in [6.45, 7) is -0.300. The van der Waals surface area contributed by atoms with E-state index >= 15 is 0 Å². The van der Waals surface area contributed by atoms with E-state index in [1.807, 2.05) is 145 Å². The number of aromatic nitrogens is 3. The van der Waals surface area contributed by atoms with Crippen molar-refractivity contribution in [3.63, 3.8) is 0 Å². The van der Waals surface area contributed by atoms with Crippen molar-refractivity contribution in [2.24, 2.45) is 12.2 Å². The van der Waals surface area contributed by atoms with Gasteiger partial charge in [0.25, 0.3) is 11.8 Å². The summed E-state index contributed by atoms with van der Waals surface area (Å²) in [4.78, 5) is 83.2. The second-order valence-corrected chi connectivity index (χ2v) is 24.1. The highest BCUT2D eigenvalue weighted by atomic mass is 32.2. The number of carbonyl (C=O) groups is 5. The third-order valence-corrected chi connectivity index (χ3v) is 18.4. The summed E-state index contributed by atoms with van der Waals surface area (Å²) in [7, 11) is 3.52. The second-order valence-electron chi connectivity index (χ2n) is 19.9. The van der Waals surface area contributed by atoms with E-state index in [0.717, 1.165) is 47.9 Å². The van der Waals surface area contributed by atoms with Crippen LogP contribution in [0.5, 0.6) is 5.75 Å². The van der Waals surface area contributed by atoms with Crippen molar-refractivity contribution < 1.29 is 65.9 Å². The lowest BCUT2D eigenvalue weighted by Gasteiger charge is -2.49. The minimum atomic E-state index is -5.19. The summed E-state index contributed by atoms with van der Waals surface area (Å²) in [5, 5.41) is 21.3. The highest BCUT2D eigenvalue weighted by molar-refractivity contribution is 8.02. The van der Waals surface area contributed by atoms with Crippen LogP contribution in [0.25, 0.3) is 10.2 Å². The normalized spacial score (nSPS) is 14.8. The van der Waals surface area contributed by atoms with Crippen LogP contribution in [-0.4, -0.2) is 93.1 Å². The lowest BCUT2D eigenvalue weighted by Crippen LogP contribution is -2.71. The molecule has 0 spiro atoms. The number of carboxylic acid groups (broad SMARTS) is 1. The van der Waals surface area contributed by atoms with Crippen LogP contribution in [0.1, 0.15) is 51.6 Å². The standard InChI is InChI=1S/C63H53N7O8S4.C2HF3O2/c1-69-34-32-51-49(36-69)65-62(82-51)81-39-44-38-79-59-54(58(73)70(59)55(44)60(74)76-37-41-28-30-48(75-2)31-29-41)66-57(72)53(68-77-35-33-52(71)78-56(42-18-8-3-9-19-42)43-20-10-4-11-21-43)50-40-80-61(64-50)67-63(45-22-12-5-13-23-45,46-24-14-6-15-25-46)47-26-16-7-17-27-47;3-2(4,5)1(6)7/h3-32,34,36,40,54,56,59H,33,35,37-39H2,1-2H3,(H-,64,66,67,72);(H,6,7)/b68-53-;/t54-,59-;/m0./s1. The topological polar surface area (TPSA) is 215 Å². The molecule has 24 heteroatoms. The highest BCUT2D eigenvalue weighted by Crippen LogP contribution is 2.44. The highest BCUT2D eigenvalue weighted by Gasteiger charge is 2.55. The van der Waals surface area contributed by atoms with Gasteiger partial charge in [-0.2, -0.15) is 13.2 Å². The molecule has 2 atom stereocenters. The molecular formula is C65H54F3N7O10S4. The van der Waals surface area contributed by atoms with E-state index in [0.29, 0.717) is 28.0 Å². The number of pyridine rings is 1. The van der Waals surface area contributed by atoms with Crippen LogP contribution < -0.4 is 25.0 Å². The van der Waals surface area contributed by atoms with Gasteiger partial charge in [0, 0.05) is 23.0 Å². The molecule has 0 unspecified atom stereocenters. The largest absolute Gasteiger partial charge is 0.542 e. The summed E-state index contributed by atoms with van der Waals surface area (Å²) in [5.41, 5.74) is 5.80. The zero-order valence-corrected chi connectivity index (χ0v) is 50.7. The second kappa shape index (κ2) is 28.6. The lowest BCUT2D eigenvalue weighted by molar-refractivity contribution is -0.670. The van der Waals surface area contributed by atoms with Crippen molar-refractivity contribution in [3.8, 4) is 5.75 Å². The van der Waals surface area contributed by atoms with Crippen molar-refractivity contribution >= 4 is 97.0 Å². The Kier molecular flexibility index (Phi) is 20.2. The number of β-lactam (4-membered cyclic amide) rings is 1. The van der Waals surface area contributed by atoms with Gasteiger partial charge in [0.05, 0.1) is 18.2 Å². The Labute approximate surface area is 525 Å². The van der Waals surface area contributed by atoms with Gasteiger partial charge in [-0.3, -0.25) is 19.3 Å². The molecule has 2 N–H and O–H groups in total. The van der Waals surface area contributed by atoms with Crippen molar-refractivity contribution in [3.05, 3.63) is 250 Å². The number of amides is 2. The maximum atomic E-state index is 14.9. The van der Waals surface area contributed by atoms with Gasteiger partial charge in [0.15, 0.2) is 33.7 Å². The smallest absolute Gasteiger partial charge is 0.430 e. The molecule has 5 heterocycles. The Bertz CT molecular complexity index is 3880. The third kappa shape index (κ3) is 15.0. The number of rotatable bonds is 22. The van der Waals surface area contributed by atoms with Gasteiger partial charge in [-0.1, -0.05) is 181 Å². The average Bonchev–Trinajstić information content (AvgIpc) is 1.38. The predicted octanol–water partition coefficient (Wildman–Crippen LogP) is 9.92. The molecule has 3 aromatic heterocycles. The number of methoxy groups -OCH3 is 1. The zero-order valence-electron chi connectivity index (χ0n) is 47.4. The molecular weight excluding hydrogens is 1220 g/mol. The number of benzene rings is 6. The Morgan fingerprint density at radius 2 is 1.38 bits per heavy atom. The fourth-order valence-corrected chi connectivity index (χ4v) is 14.0. The van der Waals surface area contributed by atoms with E-state index in [9.17, 15) is 32.3 Å². The number of thiazole rings is 2. The molecule has 2 amide bonds. The number of esters is 2. The van der Waals surface area contributed by atoms with Crippen LogP contribution in [0, 0.1) is 0 Å². The lowest BCUT2D eigenvalue weighted by atomic mass is 9.77. The SMILES string of the molecule is COc1ccc(COC(=O)C2=C(CSc3nc4c[n+](C)ccc4s3)CS[C@H]3[C@@H](NC(=O)/C(=N\OCCC(=O)OC(c4ccccc4)c4ccccc4)c4csc(NC(c5ccccc5)(c5ccccc5)c5ccccc5)n4)C(=O)N23)cc1.O=C([O-])C(F)(F)F. The number of carbonyl (C=O) groups excluding carboxylic acids is 5. The summed E-state index contributed by atoms with van der Waals surface area (Å²) in [6, 6.07) is 57.1. The zero-order chi connectivity index (χ0) is 62.5. The number of fused-ring (bicyclic) bond motifs is 2. The first-order valence-electron chi connectivity index (χ1n) is 27.4. The number of nitrogens with zero attached hydrogens (tertiary/aromatic N) is 5. The van der Waals surface area contributed by atoms with E-state index in [4.69, 9.17) is 38.9 Å². The molecule has 2 aliphatic rings. The number of thioether (sulfide) groups is 2. The van der Waals surface area contributed by atoms with Crippen molar-refractivity contribution in [1.29, 1.82) is 0 Å². The van der Waals surface area contributed by atoms with E-state index in [2.05, 4.69) is 52.2 Å². The molecule has 0 saturated carbocycles. The van der Waals surface area contributed by atoms with Gasteiger partial charge in [0.2, 0.25) is 0 Å². The number of alkyl halides is 3. The van der Waals surface area contributed by atoms with Crippen LogP contribution in [0.15, 0.2) is 221 Å². The Morgan fingerprint density at radius 1 is 0.809 bits per heavy atom.